The number of halogens is 2. The van der Waals surface area contributed by atoms with Crippen LogP contribution in [0.2, 0.25) is 0 Å². The number of nitrogens with one attached hydrogen (secondary N) is 1. The van der Waals surface area contributed by atoms with Gasteiger partial charge in [-0.2, -0.15) is 8.78 Å². The molecule has 4 nitrogen and oxygen atoms in total. The van der Waals surface area contributed by atoms with Crippen molar-refractivity contribution in [1.29, 1.82) is 0 Å². The summed E-state index contributed by atoms with van der Waals surface area (Å²) >= 11 is 0. The number of carbonyl (C=O) groups excluding carboxylic acids is 1. The Kier molecular flexibility index (Phi) is 6.40. The summed E-state index contributed by atoms with van der Waals surface area (Å²) in [4.78, 5) is 13.7. The minimum absolute atomic E-state index is 0.0697. The van der Waals surface area contributed by atoms with Gasteiger partial charge in [-0.1, -0.05) is 42.5 Å². The van der Waals surface area contributed by atoms with Gasteiger partial charge in [0.2, 0.25) is 5.91 Å². The molecular weight excluding hydrogens is 350 g/mol. The minimum Gasteiger partial charge on any atom is -0.489 e. The van der Waals surface area contributed by atoms with Gasteiger partial charge in [0.25, 0.3) is 5.92 Å². The Morgan fingerprint density at radius 2 is 1.81 bits per heavy atom. The molecule has 1 heterocycles. The van der Waals surface area contributed by atoms with E-state index in [9.17, 15) is 13.6 Å². The second-order valence-corrected chi connectivity index (χ2v) is 6.70. The number of alkyl halides is 2. The molecule has 6 heteroatoms. The van der Waals surface area contributed by atoms with Crippen molar-refractivity contribution in [3.05, 3.63) is 65.7 Å². The molecule has 1 aliphatic heterocycles. The molecule has 3 rings (SSSR count). The molecule has 0 bridgehead atoms. The zero-order valence-electron chi connectivity index (χ0n) is 15.2. The van der Waals surface area contributed by atoms with Crippen LogP contribution in [-0.2, 0) is 17.3 Å². The monoisotopic (exact) mass is 374 g/mol. The average Bonchev–Trinajstić information content (AvgIpc) is 3.22. The molecular formula is C21H24F2N2O2. The second-order valence-electron chi connectivity index (χ2n) is 6.70. The molecule has 0 spiro atoms. The van der Waals surface area contributed by atoms with Gasteiger partial charge in [0.1, 0.15) is 12.4 Å². The maximum atomic E-state index is 14.5. The molecule has 0 aliphatic carbocycles. The van der Waals surface area contributed by atoms with Crippen LogP contribution in [0.1, 0.15) is 24.0 Å². The molecule has 144 valence electrons. The Morgan fingerprint density at radius 3 is 2.56 bits per heavy atom. The first-order chi connectivity index (χ1) is 13.0. The molecule has 0 radical (unpaired) electrons. The lowest BCUT2D eigenvalue weighted by Gasteiger charge is -2.20. The molecule has 0 atom stereocenters. The van der Waals surface area contributed by atoms with E-state index in [2.05, 4.69) is 5.32 Å². The van der Waals surface area contributed by atoms with Gasteiger partial charge in [0.05, 0.1) is 13.1 Å². The highest BCUT2D eigenvalue weighted by Gasteiger charge is 2.32. The molecule has 1 saturated heterocycles. The Morgan fingerprint density at radius 1 is 1.07 bits per heavy atom. The van der Waals surface area contributed by atoms with E-state index in [1.807, 2.05) is 30.3 Å². The van der Waals surface area contributed by atoms with Gasteiger partial charge in [-0.05, 0) is 30.5 Å². The third kappa shape index (κ3) is 5.50. The van der Waals surface area contributed by atoms with Crippen LogP contribution in [-0.4, -0.2) is 37.0 Å². The largest absolute Gasteiger partial charge is 0.489 e. The van der Waals surface area contributed by atoms with Gasteiger partial charge >= 0.3 is 0 Å². The normalized spacial score (nSPS) is 14.4. The van der Waals surface area contributed by atoms with Crippen LogP contribution < -0.4 is 10.1 Å². The molecule has 0 saturated carbocycles. The number of ether oxygens (including phenoxy) is 1. The Hall–Kier alpha value is -2.47. The van der Waals surface area contributed by atoms with Gasteiger partial charge in [-0.25, -0.2) is 0 Å². The molecule has 2 aromatic rings. The lowest BCUT2D eigenvalue weighted by molar-refractivity contribution is -0.129. The van der Waals surface area contributed by atoms with E-state index in [0.717, 1.165) is 31.5 Å². The van der Waals surface area contributed by atoms with Crippen LogP contribution in [0.15, 0.2) is 54.6 Å². The van der Waals surface area contributed by atoms with Crippen molar-refractivity contribution in [1.82, 2.24) is 10.2 Å². The van der Waals surface area contributed by atoms with Crippen molar-refractivity contribution in [3.63, 3.8) is 0 Å². The molecule has 1 amide bonds. The van der Waals surface area contributed by atoms with Crippen LogP contribution in [0.3, 0.4) is 0 Å². The van der Waals surface area contributed by atoms with E-state index in [1.54, 1.807) is 17.0 Å². The van der Waals surface area contributed by atoms with Gasteiger partial charge in [0.15, 0.2) is 0 Å². The first-order valence-corrected chi connectivity index (χ1v) is 9.18. The zero-order chi connectivity index (χ0) is 19.1. The third-order valence-corrected chi connectivity index (χ3v) is 4.59. The average molecular weight is 374 g/mol. The summed E-state index contributed by atoms with van der Waals surface area (Å²) in [6.45, 7) is 1.10. The summed E-state index contributed by atoms with van der Waals surface area (Å²) in [6, 6.07) is 15.5. The highest BCUT2D eigenvalue weighted by molar-refractivity contribution is 5.78. The number of rotatable bonds is 8. The van der Waals surface area contributed by atoms with Crippen LogP contribution in [0.5, 0.6) is 5.75 Å². The number of hydrogen-bond acceptors (Lipinski definition) is 3. The van der Waals surface area contributed by atoms with Crippen molar-refractivity contribution >= 4 is 5.91 Å². The van der Waals surface area contributed by atoms with E-state index in [4.69, 9.17) is 4.74 Å². The van der Waals surface area contributed by atoms with Crippen LogP contribution in [0.4, 0.5) is 8.78 Å². The van der Waals surface area contributed by atoms with Gasteiger partial charge < -0.3 is 15.0 Å². The molecule has 0 unspecified atom stereocenters. The lowest BCUT2D eigenvalue weighted by atomic mass is 10.1. The van der Waals surface area contributed by atoms with Crippen LogP contribution >= 0.6 is 0 Å². The number of benzene rings is 2. The first-order valence-electron chi connectivity index (χ1n) is 9.18. The number of nitrogens with zero attached hydrogens (tertiary/aromatic N) is 1. The SMILES string of the molecule is O=C(CNCC(F)(F)c1cccc(OCc2ccccc2)c1)N1CCCC1. The van der Waals surface area contributed by atoms with E-state index >= 15 is 0 Å². The number of hydrogen-bond donors (Lipinski definition) is 1. The first kappa shape index (κ1) is 19.3. The summed E-state index contributed by atoms with van der Waals surface area (Å²) in [5, 5.41) is 2.60. The second kappa shape index (κ2) is 8.95. The van der Waals surface area contributed by atoms with Crippen LogP contribution in [0, 0.1) is 0 Å². The molecule has 1 N–H and O–H groups in total. The third-order valence-electron chi connectivity index (χ3n) is 4.59. The summed E-state index contributed by atoms with van der Waals surface area (Å²) in [5.74, 6) is -2.82. The standard InChI is InChI=1S/C21H24F2N2O2/c22-21(23,16-24-14-20(26)25-11-4-5-12-25)18-9-6-10-19(13-18)27-15-17-7-2-1-3-8-17/h1-3,6-10,13,24H,4-5,11-12,14-16H2. The predicted molar refractivity (Wildman–Crippen MR) is 99.8 cm³/mol. The van der Waals surface area contributed by atoms with Gasteiger partial charge in [0, 0.05) is 18.7 Å². The Bertz CT molecular complexity index is 747. The maximum Gasteiger partial charge on any atom is 0.285 e. The zero-order valence-corrected chi connectivity index (χ0v) is 15.2. The number of amides is 1. The van der Waals surface area contributed by atoms with Crippen molar-refractivity contribution in [3.8, 4) is 5.75 Å². The highest BCUT2D eigenvalue weighted by atomic mass is 19.3. The molecule has 0 aromatic heterocycles. The summed E-state index contributed by atoms with van der Waals surface area (Å²) in [7, 11) is 0. The molecule has 2 aromatic carbocycles. The van der Waals surface area contributed by atoms with E-state index in [-0.39, 0.29) is 18.0 Å². The van der Waals surface area contributed by atoms with E-state index in [1.165, 1.54) is 12.1 Å². The van der Waals surface area contributed by atoms with Crippen LogP contribution in [0.25, 0.3) is 0 Å². The molecule has 1 fully saturated rings. The molecule has 1 aliphatic rings. The highest BCUT2D eigenvalue weighted by Crippen LogP contribution is 2.30. The van der Waals surface area contributed by atoms with Gasteiger partial charge in [-0.15, -0.1) is 0 Å². The Balaban J connectivity index is 1.53. The fourth-order valence-corrected chi connectivity index (χ4v) is 3.06. The summed E-state index contributed by atoms with van der Waals surface area (Å²) in [6.07, 6.45) is 1.97. The topological polar surface area (TPSA) is 41.6 Å². The fraction of sp³-hybridized carbons (Fsp3) is 0.381. The maximum absolute atomic E-state index is 14.5. The number of likely N-dealkylation sites (tertiary alicyclic amines) is 1. The van der Waals surface area contributed by atoms with Crippen molar-refractivity contribution < 1.29 is 18.3 Å². The lowest BCUT2D eigenvalue weighted by Crippen LogP contribution is -2.40. The van der Waals surface area contributed by atoms with Gasteiger partial charge in [-0.3, -0.25) is 4.79 Å². The quantitative estimate of drug-likeness (QED) is 0.768. The van der Waals surface area contributed by atoms with Crippen molar-refractivity contribution in [2.45, 2.75) is 25.4 Å². The predicted octanol–water partition coefficient (Wildman–Crippen LogP) is 3.57. The minimum atomic E-state index is -3.09. The van der Waals surface area contributed by atoms with Crippen molar-refractivity contribution in [2.24, 2.45) is 0 Å². The summed E-state index contributed by atoms with van der Waals surface area (Å²) < 4.78 is 34.6. The summed E-state index contributed by atoms with van der Waals surface area (Å²) in [5.41, 5.74) is 0.839. The van der Waals surface area contributed by atoms with Crippen molar-refractivity contribution in [2.75, 3.05) is 26.2 Å². The number of carbonyl (C=O) groups is 1. The molecule has 27 heavy (non-hydrogen) atoms. The fourth-order valence-electron chi connectivity index (χ4n) is 3.06. The Labute approximate surface area is 158 Å². The van der Waals surface area contributed by atoms with E-state index < -0.39 is 12.5 Å². The van der Waals surface area contributed by atoms with E-state index in [0.29, 0.717) is 12.4 Å². The smallest absolute Gasteiger partial charge is 0.285 e.